The highest BCUT2D eigenvalue weighted by Crippen LogP contribution is 2.26. The molecule has 0 saturated heterocycles. The van der Waals surface area contributed by atoms with Crippen molar-refractivity contribution in [3.8, 4) is 11.8 Å². The first-order valence-electron chi connectivity index (χ1n) is 10.6. The Morgan fingerprint density at radius 3 is 2.41 bits per heavy atom. The molecular formula is C27H27ClN2O2. The lowest BCUT2D eigenvalue weighted by atomic mass is 9.86. The first-order chi connectivity index (χ1) is 15.3. The van der Waals surface area contributed by atoms with Crippen LogP contribution < -0.4 is 10.1 Å². The summed E-state index contributed by atoms with van der Waals surface area (Å²) in [5.74, 6) is 0.334. The maximum atomic E-state index is 13.1. The lowest BCUT2D eigenvalue weighted by molar-refractivity contribution is -0.135. The lowest BCUT2D eigenvalue weighted by Crippen LogP contribution is -2.51. The van der Waals surface area contributed by atoms with Gasteiger partial charge >= 0.3 is 0 Å². The summed E-state index contributed by atoms with van der Waals surface area (Å²) in [6.07, 6.45) is 0.758. The Balaban J connectivity index is 1.76. The third-order valence-corrected chi connectivity index (χ3v) is 5.69. The Morgan fingerprint density at radius 1 is 1.06 bits per heavy atom. The molecule has 1 N–H and O–H groups in total. The summed E-state index contributed by atoms with van der Waals surface area (Å²) >= 11 is 6.04. The number of nitrogens with zero attached hydrogens (tertiary/aromatic N) is 1. The molecule has 5 heteroatoms. The number of nitrogens with one attached hydrogen (secondary N) is 1. The average Bonchev–Trinajstić information content (AvgIpc) is 2.79. The van der Waals surface area contributed by atoms with Gasteiger partial charge in [-0.3, -0.25) is 4.79 Å². The van der Waals surface area contributed by atoms with E-state index in [1.54, 1.807) is 38.1 Å². The first-order valence-corrected chi connectivity index (χ1v) is 11.0. The standard InChI is InChI=1S/C27H27ClN2O2/c1-19(30-26(31)27(2,3)32-24-11-7-8-21(16-24)18-29)25(22-9-5-4-6-10-22)17-20-12-14-23(28)15-13-20/h4-16,19,25H,17H2,1-3H3,(H,30,31)/t19-,25+/m0/s1. The highest BCUT2D eigenvalue weighted by Gasteiger charge is 2.33. The third-order valence-electron chi connectivity index (χ3n) is 5.44. The highest BCUT2D eigenvalue weighted by atomic mass is 35.5. The van der Waals surface area contributed by atoms with Crippen LogP contribution in [0, 0.1) is 11.3 Å². The van der Waals surface area contributed by atoms with E-state index in [4.69, 9.17) is 21.6 Å². The molecule has 2 atom stereocenters. The molecule has 164 valence electrons. The summed E-state index contributed by atoms with van der Waals surface area (Å²) in [5, 5.41) is 12.9. The van der Waals surface area contributed by atoms with Crippen molar-refractivity contribution in [2.24, 2.45) is 0 Å². The number of halogens is 1. The van der Waals surface area contributed by atoms with Crippen LogP contribution in [0.2, 0.25) is 5.02 Å². The molecule has 0 saturated carbocycles. The molecule has 0 aliphatic rings. The minimum atomic E-state index is -1.11. The maximum Gasteiger partial charge on any atom is 0.263 e. The topological polar surface area (TPSA) is 62.1 Å². The Kier molecular flexibility index (Phi) is 7.56. The van der Waals surface area contributed by atoms with Gasteiger partial charge in [-0.15, -0.1) is 0 Å². The van der Waals surface area contributed by atoms with Crippen LogP contribution in [0.1, 0.15) is 43.4 Å². The molecule has 3 rings (SSSR count). The number of rotatable bonds is 8. The van der Waals surface area contributed by atoms with Crippen molar-refractivity contribution in [2.45, 2.75) is 44.8 Å². The van der Waals surface area contributed by atoms with Gasteiger partial charge in [-0.2, -0.15) is 5.26 Å². The summed E-state index contributed by atoms with van der Waals surface area (Å²) < 4.78 is 5.95. The largest absolute Gasteiger partial charge is 0.478 e. The van der Waals surface area contributed by atoms with E-state index in [-0.39, 0.29) is 17.9 Å². The van der Waals surface area contributed by atoms with Crippen molar-refractivity contribution < 1.29 is 9.53 Å². The molecule has 3 aromatic rings. The predicted molar refractivity (Wildman–Crippen MR) is 128 cm³/mol. The second-order valence-electron chi connectivity index (χ2n) is 8.36. The fraction of sp³-hybridized carbons (Fsp3) is 0.259. The number of hydrogen-bond acceptors (Lipinski definition) is 3. The fourth-order valence-electron chi connectivity index (χ4n) is 3.61. The Morgan fingerprint density at radius 2 is 1.75 bits per heavy atom. The predicted octanol–water partition coefficient (Wildman–Crippen LogP) is 5.90. The van der Waals surface area contributed by atoms with Gasteiger partial charge in [-0.05, 0) is 68.7 Å². The monoisotopic (exact) mass is 446 g/mol. The Hall–Kier alpha value is -3.29. The normalized spacial score (nSPS) is 13.0. The van der Waals surface area contributed by atoms with Crippen LogP contribution in [0.25, 0.3) is 0 Å². The van der Waals surface area contributed by atoms with Crippen LogP contribution in [0.5, 0.6) is 5.75 Å². The van der Waals surface area contributed by atoms with E-state index in [0.29, 0.717) is 16.3 Å². The smallest absolute Gasteiger partial charge is 0.263 e. The van der Waals surface area contributed by atoms with E-state index < -0.39 is 5.60 Å². The van der Waals surface area contributed by atoms with Crippen molar-refractivity contribution in [2.75, 3.05) is 0 Å². The van der Waals surface area contributed by atoms with E-state index in [1.807, 2.05) is 49.4 Å². The minimum absolute atomic E-state index is 0.0686. The first kappa shape index (κ1) is 23.4. The molecule has 0 bridgehead atoms. The number of hydrogen-bond donors (Lipinski definition) is 1. The van der Waals surface area contributed by atoms with Gasteiger partial charge in [0.15, 0.2) is 5.60 Å². The van der Waals surface area contributed by atoms with E-state index in [0.717, 1.165) is 17.5 Å². The van der Waals surface area contributed by atoms with Crippen LogP contribution >= 0.6 is 11.6 Å². The molecule has 0 unspecified atom stereocenters. The van der Waals surface area contributed by atoms with Gasteiger partial charge in [0.1, 0.15) is 5.75 Å². The molecule has 1 amide bonds. The van der Waals surface area contributed by atoms with Gasteiger partial charge in [-0.1, -0.05) is 60.1 Å². The number of amides is 1. The van der Waals surface area contributed by atoms with Crippen molar-refractivity contribution >= 4 is 17.5 Å². The van der Waals surface area contributed by atoms with Crippen molar-refractivity contribution in [3.63, 3.8) is 0 Å². The van der Waals surface area contributed by atoms with Crippen molar-refractivity contribution in [1.29, 1.82) is 5.26 Å². The number of ether oxygens (including phenoxy) is 1. The number of carbonyl (C=O) groups is 1. The number of nitriles is 1. The molecular weight excluding hydrogens is 420 g/mol. The third kappa shape index (κ3) is 6.12. The van der Waals surface area contributed by atoms with Crippen LogP contribution in [0.15, 0.2) is 78.9 Å². The molecule has 0 aliphatic heterocycles. The molecule has 3 aromatic carbocycles. The molecule has 0 heterocycles. The average molecular weight is 447 g/mol. The minimum Gasteiger partial charge on any atom is -0.478 e. The zero-order valence-corrected chi connectivity index (χ0v) is 19.3. The molecule has 0 spiro atoms. The summed E-state index contributed by atoms with van der Waals surface area (Å²) in [5.41, 5.74) is 1.67. The van der Waals surface area contributed by atoms with E-state index in [9.17, 15) is 4.79 Å². The van der Waals surface area contributed by atoms with E-state index in [1.165, 1.54) is 0 Å². The summed E-state index contributed by atoms with van der Waals surface area (Å²) in [7, 11) is 0. The highest BCUT2D eigenvalue weighted by molar-refractivity contribution is 6.30. The van der Waals surface area contributed by atoms with Gasteiger partial charge in [-0.25, -0.2) is 0 Å². The van der Waals surface area contributed by atoms with Crippen LogP contribution in [0.3, 0.4) is 0 Å². The summed E-state index contributed by atoms with van der Waals surface area (Å²) in [6, 6.07) is 26.7. The molecule has 4 nitrogen and oxygen atoms in total. The number of benzene rings is 3. The number of carbonyl (C=O) groups excluding carboxylic acids is 1. The SMILES string of the molecule is C[C@H](NC(=O)C(C)(C)Oc1cccc(C#N)c1)[C@@H](Cc1ccc(Cl)cc1)c1ccccc1. The zero-order chi connectivity index (χ0) is 23.1. The van der Waals surface area contributed by atoms with Crippen LogP contribution in [0.4, 0.5) is 0 Å². The van der Waals surface area contributed by atoms with Gasteiger partial charge in [0.2, 0.25) is 0 Å². The van der Waals surface area contributed by atoms with Gasteiger partial charge in [0, 0.05) is 17.0 Å². The molecule has 0 aromatic heterocycles. The zero-order valence-electron chi connectivity index (χ0n) is 18.5. The Bertz CT molecular complexity index is 1090. The second-order valence-corrected chi connectivity index (χ2v) is 8.80. The fourth-order valence-corrected chi connectivity index (χ4v) is 3.74. The van der Waals surface area contributed by atoms with Crippen LogP contribution in [-0.2, 0) is 11.2 Å². The van der Waals surface area contributed by atoms with E-state index in [2.05, 4.69) is 23.5 Å². The Labute approximate surface area is 194 Å². The quantitative estimate of drug-likeness (QED) is 0.468. The van der Waals surface area contributed by atoms with Crippen molar-refractivity contribution in [3.05, 3.63) is 101 Å². The van der Waals surface area contributed by atoms with Crippen LogP contribution in [-0.4, -0.2) is 17.6 Å². The van der Waals surface area contributed by atoms with Gasteiger partial charge < -0.3 is 10.1 Å². The lowest BCUT2D eigenvalue weighted by Gasteiger charge is -2.31. The second kappa shape index (κ2) is 10.3. The van der Waals surface area contributed by atoms with Crippen molar-refractivity contribution in [1.82, 2.24) is 5.32 Å². The molecule has 0 aliphatic carbocycles. The molecule has 32 heavy (non-hydrogen) atoms. The van der Waals surface area contributed by atoms with Gasteiger partial charge in [0.25, 0.3) is 5.91 Å². The molecule has 0 fully saturated rings. The molecule has 0 radical (unpaired) electrons. The van der Waals surface area contributed by atoms with Gasteiger partial charge in [0.05, 0.1) is 11.6 Å². The maximum absolute atomic E-state index is 13.1. The summed E-state index contributed by atoms with van der Waals surface area (Å²) in [6.45, 7) is 5.47. The van der Waals surface area contributed by atoms with E-state index >= 15 is 0 Å². The summed E-state index contributed by atoms with van der Waals surface area (Å²) in [4.78, 5) is 13.1.